The van der Waals surface area contributed by atoms with Gasteiger partial charge in [-0.1, -0.05) is 13.3 Å². The zero-order valence-electron chi connectivity index (χ0n) is 11.6. The van der Waals surface area contributed by atoms with Crippen LogP contribution in [0.2, 0.25) is 0 Å². The fourth-order valence-electron chi connectivity index (χ4n) is 2.95. The number of aryl methyl sites for hydroxylation is 1. The molecule has 1 aliphatic rings. The summed E-state index contributed by atoms with van der Waals surface area (Å²) in [6.07, 6.45) is 2.91. The Morgan fingerprint density at radius 3 is 3.05 bits per heavy atom. The van der Waals surface area contributed by atoms with Gasteiger partial charge in [-0.05, 0) is 37.0 Å². The van der Waals surface area contributed by atoms with Gasteiger partial charge in [0.25, 0.3) is 0 Å². The number of benzene rings is 1. The summed E-state index contributed by atoms with van der Waals surface area (Å²) in [4.78, 5) is 1.19. The molecule has 1 aromatic heterocycles. The van der Waals surface area contributed by atoms with Crippen LogP contribution >= 0.6 is 11.3 Å². The van der Waals surface area contributed by atoms with E-state index in [9.17, 15) is 9.65 Å². The zero-order valence-corrected chi connectivity index (χ0v) is 12.4. The Labute approximate surface area is 121 Å². The molecule has 0 N–H and O–H groups in total. The van der Waals surface area contributed by atoms with Crippen LogP contribution in [0.15, 0.2) is 6.07 Å². The second-order valence-corrected chi connectivity index (χ2v) is 6.26. The van der Waals surface area contributed by atoms with Crippen LogP contribution in [0.3, 0.4) is 0 Å². The lowest BCUT2D eigenvalue weighted by Gasteiger charge is -2.22. The molecule has 2 heterocycles. The van der Waals surface area contributed by atoms with Crippen LogP contribution in [0.4, 0.5) is 4.39 Å². The lowest BCUT2D eigenvalue weighted by atomic mass is 9.96. The van der Waals surface area contributed by atoms with Gasteiger partial charge in [0.2, 0.25) is 0 Å². The predicted molar refractivity (Wildman–Crippen MR) is 78.5 cm³/mol. The topological polar surface area (TPSA) is 33.0 Å². The smallest absolute Gasteiger partial charge is 0.141 e. The molecule has 0 amide bonds. The van der Waals surface area contributed by atoms with Crippen LogP contribution < -0.4 is 0 Å². The van der Waals surface area contributed by atoms with Gasteiger partial charge < -0.3 is 4.74 Å². The van der Waals surface area contributed by atoms with Crippen molar-refractivity contribution >= 4 is 21.4 Å². The fraction of sp³-hybridized carbons (Fsp3) is 0.438. The first-order valence-corrected chi connectivity index (χ1v) is 7.75. The number of hydrogen-bond donors (Lipinski definition) is 0. The molecule has 0 saturated carbocycles. The standard InChI is InChI=1S/C16H16FNOS/c1-3-4-13-16-10(5-6-19-13)14-11(8-18)12(17)7-9(2)15(14)20-16/h7,13H,3-6H2,1-2H3. The molecule has 0 fully saturated rings. The Kier molecular flexibility index (Phi) is 3.49. The van der Waals surface area contributed by atoms with Crippen molar-refractivity contribution in [2.75, 3.05) is 6.61 Å². The molecule has 0 aliphatic carbocycles. The van der Waals surface area contributed by atoms with Crippen LogP contribution in [-0.2, 0) is 11.2 Å². The molecule has 3 rings (SSSR count). The average Bonchev–Trinajstić information content (AvgIpc) is 2.81. The molecule has 4 heteroatoms. The second kappa shape index (κ2) is 5.16. The van der Waals surface area contributed by atoms with Gasteiger partial charge in [0.05, 0.1) is 18.3 Å². The molecule has 0 radical (unpaired) electrons. The van der Waals surface area contributed by atoms with Gasteiger partial charge in [0.15, 0.2) is 0 Å². The van der Waals surface area contributed by atoms with Crippen molar-refractivity contribution in [2.24, 2.45) is 0 Å². The van der Waals surface area contributed by atoms with Gasteiger partial charge in [-0.15, -0.1) is 11.3 Å². The Balaban J connectivity index is 2.32. The lowest BCUT2D eigenvalue weighted by Crippen LogP contribution is -2.14. The van der Waals surface area contributed by atoms with Gasteiger partial charge >= 0.3 is 0 Å². The van der Waals surface area contributed by atoms with E-state index in [1.54, 1.807) is 11.3 Å². The summed E-state index contributed by atoms with van der Waals surface area (Å²) in [5.74, 6) is -0.406. The number of halogens is 1. The molecule has 1 aromatic carbocycles. The first-order chi connectivity index (χ1) is 9.67. The number of thiophene rings is 1. The molecule has 0 bridgehead atoms. The van der Waals surface area contributed by atoms with E-state index in [0.29, 0.717) is 6.61 Å². The highest BCUT2D eigenvalue weighted by molar-refractivity contribution is 7.19. The molecular formula is C16H16FNOS. The quantitative estimate of drug-likeness (QED) is 0.807. The molecular weight excluding hydrogens is 273 g/mol. The highest BCUT2D eigenvalue weighted by Crippen LogP contribution is 2.44. The number of ether oxygens (including phenoxy) is 1. The summed E-state index contributed by atoms with van der Waals surface area (Å²) in [7, 11) is 0. The van der Waals surface area contributed by atoms with E-state index in [1.807, 2.05) is 13.0 Å². The average molecular weight is 289 g/mol. The SMILES string of the molecule is CCCC1OCCc2c1sc1c(C)cc(F)c(C#N)c21. The minimum absolute atomic E-state index is 0.107. The fourth-order valence-corrected chi connectivity index (χ4v) is 4.36. The van der Waals surface area contributed by atoms with E-state index in [-0.39, 0.29) is 11.7 Å². The van der Waals surface area contributed by atoms with Crippen molar-refractivity contribution in [1.82, 2.24) is 0 Å². The van der Waals surface area contributed by atoms with E-state index in [0.717, 1.165) is 40.5 Å². The first-order valence-electron chi connectivity index (χ1n) is 6.93. The number of fused-ring (bicyclic) bond motifs is 3. The van der Waals surface area contributed by atoms with E-state index < -0.39 is 5.82 Å². The summed E-state index contributed by atoms with van der Waals surface area (Å²) in [5, 5.41) is 10.1. The van der Waals surface area contributed by atoms with Crippen LogP contribution in [-0.4, -0.2) is 6.61 Å². The zero-order chi connectivity index (χ0) is 14.3. The Hall–Kier alpha value is -1.44. The summed E-state index contributed by atoms with van der Waals surface area (Å²) < 4.78 is 20.9. The monoisotopic (exact) mass is 289 g/mol. The highest BCUT2D eigenvalue weighted by atomic mass is 32.1. The Morgan fingerprint density at radius 2 is 2.35 bits per heavy atom. The summed E-state index contributed by atoms with van der Waals surface area (Å²) in [5.41, 5.74) is 2.24. The van der Waals surface area contributed by atoms with Crippen molar-refractivity contribution < 1.29 is 9.13 Å². The molecule has 0 saturated heterocycles. The number of rotatable bonds is 2. The predicted octanol–water partition coefficient (Wildman–Crippen LogP) is 4.63. The molecule has 1 aliphatic heterocycles. The maximum atomic E-state index is 14.0. The molecule has 2 aromatic rings. The molecule has 1 atom stereocenters. The van der Waals surface area contributed by atoms with Crippen molar-refractivity contribution in [3.8, 4) is 6.07 Å². The molecule has 104 valence electrons. The minimum atomic E-state index is -0.406. The number of hydrogen-bond acceptors (Lipinski definition) is 3. The lowest BCUT2D eigenvalue weighted by molar-refractivity contribution is 0.0395. The molecule has 2 nitrogen and oxygen atoms in total. The number of nitriles is 1. The number of nitrogens with zero attached hydrogens (tertiary/aromatic N) is 1. The van der Waals surface area contributed by atoms with E-state index >= 15 is 0 Å². The van der Waals surface area contributed by atoms with Crippen LogP contribution in [0.5, 0.6) is 0 Å². The first kappa shape index (κ1) is 13.5. The van der Waals surface area contributed by atoms with Crippen LogP contribution in [0.1, 0.15) is 47.4 Å². The van der Waals surface area contributed by atoms with Crippen molar-refractivity contribution in [3.63, 3.8) is 0 Å². The maximum absolute atomic E-state index is 14.0. The normalized spacial score (nSPS) is 18.0. The van der Waals surface area contributed by atoms with Gasteiger partial charge in [0, 0.05) is 15.0 Å². The maximum Gasteiger partial charge on any atom is 0.141 e. The van der Waals surface area contributed by atoms with Crippen molar-refractivity contribution in [2.45, 2.75) is 39.2 Å². The second-order valence-electron chi connectivity index (χ2n) is 5.21. The summed E-state index contributed by atoms with van der Waals surface area (Å²) in [6, 6.07) is 3.51. The molecule has 20 heavy (non-hydrogen) atoms. The van der Waals surface area contributed by atoms with E-state index in [4.69, 9.17) is 4.74 Å². The van der Waals surface area contributed by atoms with Gasteiger partial charge in [-0.2, -0.15) is 5.26 Å². The minimum Gasteiger partial charge on any atom is -0.372 e. The van der Waals surface area contributed by atoms with Crippen LogP contribution in [0, 0.1) is 24.1 Å². The Bertz CT molecular complexity index is 714. The third-order valence-electron chi connectivity index (χ3n) is 3.85. The third-order valence-corrected chi connectivity index (χ3v) is 5.31. The molecule has 1 unspecified atom stereocenters. The van der Waals surface area contributed by atoms with E-state index in [2.05, 4.69) is 6.92 Å². The largest absolute Gasteiger partial charge is 0.372 e. The highest BCUT2D eigenvalue weighted by Gasteiger charge is 2.27. The van der Waals surface area contributed by atoms with Gasteiger partial charge in [0.1, 0.15) is 11.9 Å². The third kappa shape index (κ3) is 1.93. The Morgan fingerprint density at radius 1 is 1.55 bits per heavy atom. The van der Waals surface area contributed by atoms with E-state index in [1.165, 1.54) is 10.9 Å². The van der Waals surface area contributed by atoms with Gasteiger partial charge in [-0.3, -0.25) is 0 Å². The van der Waals surface area contributed by atoms with Crippen molar-refractivity contribution in [1.29, 1.82) is 5.26 Å². The van der Waals surface area contributed by atoms with Crippen LogP contribution in [0.25, 0.3) is 10.1 Å². The summed E-state index contributed by atoms with van der Waals surface area (Å²) >= 11 is 1.67. The van der Waals surface area contributed by atoms with Gasteiger partial charge in [-0.25, -0.2) is 4.39 Å². The summed E-state index contributed by atoms with van der Waals surface area (Å²) in [6.45, 7) is 4.70. The molecule has 0 spiro atoms. The van der Waals surface area contributed by atoms with Crippen molar-refractivity contribution in [3.05, 3.63) is 33.5 Å².